The molecule has 0 aliphatic heterocycles. The van der Waals surface area contributed by atoms with Crippen LogP contribution in [0.4, 0.5) is 0 Å². The Morgan fingerprint density at radius 3 is 2.03 bits per heavy atom. The second-order valence-electron chi connectivity index (χ2n) is 12.5. The summed E-state index contributed by atoms with van der Waals surface area (Å²) in [5.41, 5.74) is -0.747. The Bertz CT molecular complexity index is 577. The number of esters is 2. The molecule has 5 heteroatoms. The fourth-order valence-corrected chi connectivity index (χ4v) is 5.21. The molecule has 0 heterocycles. The quantitative estimate of drug-likeness (QED) is 0.139. The normalized spacial score (nSPS) is 14.5. The molecule has 0 N–H and O–H groups in total. The van der Waals surface area contributed by atoms with E-state index < -0.39 is 11.0 Å². The maximum atomic E-state index is 12.5. The number of hydrogen-bond donors (Lipinski definition) is 0. The number of unbranched alkanes of at least 4 members (excludes halogenated alkanes) is 3. The maximum absolute atomic E-state index is 12.5. The predicted octanol–water partition coefficient (Wildman–Crippen LogP) is 8.46. The highest BCUT2D eigenvalue weighted by Gasteiger charge is 2.34. The molecule has 0 saturated heterocycles. The van der Waals surface area contributed by atoms with Crippen LogP contribution >= 0.6 is 11.8 Å². The molecule has 0 spiro atoms. The van der Waals surface area contributed by atoms with Crippen molar-refractivity contribution in [2.45, 2.75) is 133 Å². The first kappa shape index (κ1) is 33.3. The number of rotatable bonds is 18. The van der Waals surface area contributed by atoms with Crippen molar-refractivity contribution in [3.8, 4) is 0 Å². The van der Waals surface area contributed by atoms with E-state index in [1.54, 1.807) is 0 Å². The van der Waals surface area contributed by atoms with Crippen molar-refractivity contribution >= 4 is 23.7 Å². The van der Waals surface area contributed by atoms with Crippen LogP contribution in [0.3, 0.4) is 0 Å². The first-order valence-electron chi connectivity index (χ1n) is 13.6. The predicted molar refractivity (Wildman–Crippen MR) is 147 cm³/mol. The molecule has 0 aromatic rings. The van der Waals surface area contributed by atoms with Gasteiger partial charge in [-0.15, -0.1) is 0 Å². The van der Waals surface area contributed by atoms with Gasteiger partial charge in [0.2, 0.25) is 0 Å². The third-order valence-corrected chi connectivity index (χ3v) is 7.90. The minimum absolute atomic E-state index is 0.227. The van der Waals surface area contributed by atoms with Crippen LogP contribution in [-0.2, 0) is 19.1 Å². The Hall–Kier alpha value is -0.710. The van der Waals surface area contributed by atoms with E-state index in [0.717, 1.165) is 18.8 Å². The van der Waals surface area contributed by atoms with Gasteiger partial charge in [-0.25, -0.2) is 0 Å². The number of carbonyl (C=O) groups is 2. The Morgan fingerprint density at radius 2 is 1.44 bits per heavy atom. The SMILES string of the molecule is CCCC(C)(C)C(C)CCCSCCCCCCOC(=O)C(C)(C)CC(C)C(=O)OC(C)(C)C. The van der Waals surface area contributed by atoms with Gasteiger partial charge in [-0.05, 0) is 96.0 Å². The van der Waals surface area contributed by atoms with Crippen LogP contribution in [0.2, 0.25) is 0 Å². The van der Waals surface area contributed by atoms with Gasteiger partial charge in [0, 0.05) is 0 Å². The summed E-state index contributed by atoms with van der Waals surface area (Å²) in [4.78, 5) is 24.7. The van der Waals surface area contributed by atoms with E-state index in [4.69, 9.17) is 9.47 Å². The number of carbonyl (C=O) groups excluding carboxylic acids is 2. The molecule has 202 valence electrons. The van der Waals surface area contributed by atoms with Crippen molar-refractivity contribution in [2.24, 2.45) is 22.7 Å². The first-order valence-corrected chi connectivity index (χ1v) is 14.8. The zero-order valence-corrected chi connectivity index (χ0v) is 25.0. The van der Waals surface area contributed by atoms with E-state index in [0.29, 0.717) is 18.4 Å². The lowest BCUT2D eigenvalue weighted by molar-refractivity contribution is -0.163. The summed E-state index contributed by atoms with van der Waals surface area (Å²) in [6.45, 7) is 21.0. The van der Waals surface area contributed by atoms with Crippen LogP contribution in [-0.4, -0.2) is 35.7 Å². The summed E-state index contributed by atoms with van der Waals surface area (Å²) in [5, 5.41) is 0. The highest BCUT2D eigenvalue weighted by molar-refractivity contribution is 7.99. The number of hydrogen-bond acceptors (Lipinski definition) is 5. The Kier molecular flexibility index (Phi) is 15.8. The van der Waals surface area contributed by atoms with Gasteiger partial charge < -0.3 is 9.47 Å². The molecule has 0 aromatic heterocycles. The summed E-state index contributed by atoms with van der Waals surface area (Å²) in [7, 11) is 0. The molecule has 4 nitrogen and oxygen atoms in total. The minimum Gasteiger partial charge on any atom is -0.465 e. The van der Waals surface area contributed by atoms with E-state index in [1.807, 2.05) is 41.5 Å². The van der Waals surface area contributed by atoms with Crippen molar-refractivity contribution in [3.63, 3.8) is 0 Å². The van der Waals surface area contributed by atoms with Crippen LogP contribution in [0.25, 0.3) is 0 Å². The van der Waals surface area contributed by atoms with Crippen molar-refractivity contribution < 1.29 is 19.1 Å². The largest absolute Gasteiger partial charge is 0.465 e. The molecule has 0 radical (unpaired) electrons. The molecular formula is C29H56O4S. The van der Waals surface area contributed by atoms with E-state index in [1.165, 1.54) is 50.0 Å². The lowest BCUT2D eigenvalue weighted by Gasteiger charge is -2.31. The zero-order valence-electron chi connectivity index (χ0n) is 24.2. The molecule has 0 aromatic carbocycles. The molecule has 0 fully saturated rings. The average Bonchev–Trinajstić information content (AvgIpc) is 2.69. The van der Waals surface area contributed by atoms with Gasteiger partial charge in [0.1, 0.15) is 5.60 Å². The molecule has 0 aliphatic rings. The summed E-state index contributed by atoms with van der Waals surface area (Å²) in [6.07, 6.45) is 10.1. The van der Waals surface area contributed by atoms with Crippen molar-refractivity contribution in [1.82, 2.24) is 0 Å². The summed E-state index contributed by atoms with van der Waals surface area (Å²) < 4.78 is 11.0. The van der Waals surface area contributed by atoms with Crippen molar-refractivity contribution in [1.29, 1.82) is 0 Å². The van der Waals surface area contributed by atoms with Gasteiger partial charge in [-0.2, -0.15) is 11.8 Å². The first-order chi connectivity index (χ1) is 15.6. The smallest absolute Gasteiger partial charge is 0.311 e. The second-order valence-corrected chi connectivity index (χ2v) is 13.7. The van der Waals surface area contributed by atoms with Gasteiger partial charge in [0.05, 0.1) is 17.9 Å². The summed E-state index contributed by atoms with van der Waals surface area (Å²) >= 11 is 2.08. The fourth-order valence-electron chi connectivity index (χ4n) is 4.23. The van der Waals surface area contributed by atoms with Crippen LogP contribution in [0, 0.1) is 22.7 Å². The van der Waals surface area contributed by atoms with Crippen LogP contribution in [0.1, 0.15) is 127 Å². The fraction of sp³-hybridized carbons (Fsp3) is 0.931. The van der Waals surface area contributed by atoms with Gasteiger partial charge in [0.25, 0.3) is 0 Å². The average molecular weight is 501 g/mol. The highest BCUT2D eigenvalue weighted by Crippen LogP contribution is 2.35. The number of ether oxygens (including phenoxy) is 2. The van der Waals surface area contributed by atoms with Crippen LogP contribution < -0.4 is 0 Å². The third kappa shape index (κ3) is 15.3. The Balaban J connectivity index is 3.88. The molecule has 34 heavy (non-hydrogen) atoms. The topological polar surface area (TPSA) is 52.6 Å². The standard InChI is InChI=1S/C29H56O4S/c1-11-18-28(7,8)24(3)17-16-21-34-20-15-13-12-14-19-32-26(31)29(9,10)22-23(2)25(30)33-27(4,5)6/h23-24H,11-22H2,1-10H3. The maximum Gasteiger partial charge on any atom is 0.311 e. The minimum atomic E-state index is -0.698. The zero-order chi connectivity index (χ0) is 26.4. The monoisotopic (exact) mass is 500 g/mol. The van der Waals surface area contributed by atoms with Gasteiger partial charge in [-0.1, -0.05) is 53.9 Å². The molecule has 0 aliphatic carbocycles. The lowest BCUT2D eigenvalue weighted by atomic mass is 9.74. The Labute approximate surface area is 216 Å². The van der Waals surface area contributed by atoms with Crippen LogP contribution in [0.5, 0.6) is 0 Å². The van der Waals surface area contributed by atoms with E-state index in [9.17, 15) is 9.59 Å². The summed E-state index contributed by atoms with van der Waals surface area (Å²) in [6, 6.07) is 0. The molecular weight excluding hydrogens is 444 g/mol. The molecule has 0 bridgehead atoms. The molecule has 2 unspecified atom stereocenters. The van der Waals surface area contributed by atoms with Crippen molar-refractivity contribution in [3.05, 3.63) is 0 Å². The second kappa shape index (κ2) is 16.1. The van der Waals surface area contributed by atoms with Gasteiger partial charge in [0.15, 0.2) is 0 Å². The van der Waals surface area contributed by atoms with Gasteiger partial charge in [-0.3, -0.25) is 9.59 Å². The molecule has 0 rings (SSSR count). The van der Waals surface area contributed by atoms with Gasteiger partial charge >= 0.3 is 11.9 Å². The highest BCUT2D eigenvalue weighted by atomic mass is 32.2. The van der Waals surface area contributed by atoms with Crippen LogP contribution in [0.15, 0.2) is 0 Å². The van der Waals surface area contributed by atoms with Crippen molar-refractivity contribution in [2.75, 3.05) is 18.1 Å². The third-order valence-electron chi connectivity index (χ3n) is 6.75. The van der Waals surface area contributed by atoms with E-state index >= 15 is 0 Å². The Morgan fingerprint density at radius 1 is 0.853 bits per heavy atom. The lowest BCUT2D eigenvalue weighted by Crippen LogP contribution is -2.34. The molecule has 0 amide bonds. The molecule has 2 atom stereocenters. The molecule has 0 saturated carbocycles. The van der Waals surface area contributed by atoms with E-state index in [2.05, 4.69) is 39.5 Å². The van der Waals surface area contributed by atoms with E-state index in [-0.39, 0.29) is 17.9 Å². The number of thioether (sulfide) groups is 1. The summed E-state index contributed by atoms with van der Waals surface area (Å²) in [5.74, 6) is 2.45.